The van der Waals surface area contributed by atoms with E-state index >= 15 is 0 Å². The molecule has 3 rings (SSSR count). The Morgan fingerprint density at radius 1 is 0.750 bits per heavy atom. The lowest BCUT2D eigenvalue weighted by molar-refractivity contribution is 0.0230. The van der Waals surface area contributed by atoms with Gasteiger partial charge in [-0.3, -0.25) is 9.98 Å². The van der Waals surface area contributed by atoms with Gasteiger partial charge in [-0.05, 0) is 57.4 Å². The van der Waals surface area contributed by atoms with Gasteiger partial charge < -0.3 is 4.74 Å². The Balaban J connectivity index is 1.70. The molecule has 0 amide bonds. The molecule has 3 nitrogen and oxygen atoms in total. The van der Waals surface area contributed by atoms with E-state index in [-0.39, 0.29) is 12.2 Å². The number of rotatable bonds is 4. The SMILES string of the molecule is C/C(=N\c1ccccc1)C1CCCC(/C(C)=N/c2ccccc2)O1. The van der Waals surface area contributed by atoms with Crippen molar-refractivity contribution >= 4 is 22.8 Å². The van der Waals surface area contributed by atoms with E-state index in [2.05, 4.69) is 13.8 Å². The summed E-state index contributed by atoms with van der Waals surface area (Å²) in [5.74, 6) is 0. The Kier molecular flexibility index (Phi) is 5.55. The first kappa shape index (κ1) is 16.6. The molecule has 0 aliphatic carbocycles. The Hall–Kier alpha value is -2.26. The molecule has 2 aromatic carbocycles. The fourth-order valence-electron chi connectivity index (χ4n) is 2.99. The highest BCUT2D eigenvalue weighted by atomic mass is 16.5. The van der Waals surface area contributed by atoms with E-state index < -0.39 is 0 Å². The molecule has 2 aromatic rings. The lowest BCUT2D eigenvalue weighted by Gasteiger charge is -2.30. The van der Waals surface area contributed by atoms with Crippen molar-refractivity contribution in [1.29, 1.82) is 0 Å². The van der Waals surface area contributed by atoms with Crippen LogP contribution in [0.15, 0.2) is 70.6 Å². The zero-order chi connectivity index (χ0) is 16.8. The van der Waals surface area contributed by atoms with Gasteiger partial charge >= 0.3 is 0 Å². The van der Waals surface area contributed by atoms with Crippen molar-refractivity contribution in [3.05, 3.63) is 60.7 Å². The van der Waals surface area contributed by atoms with Gasteiger partial charge in [0.1, 0.15) is 0 Å². The van der Waals surface area contributed by atoms with Crippen LogP contribution in [0.1, 0.15) is 33.1 Å². The van der Waals surface area contributed by atoms with Gasteiger partial charge in [-0.15, -0.1) is 0 Å². The topological polar surface area (TPSA) is 34.0 Å². The number of hydrogen-bond acceptors (Lipinski definition) is 3. The molecule has 2 unspecified atom stereocenters. The van der Waals surface area contributed by atoms with E-state index in [1.165, 1.54) is 0 Å². The monoisotopic (exact) mass is 320 g/mol. The molecule has 0 radical (unpaired) electrons. The van der Waals surface area contributed by atoms with Gasteiger partial charge in [-0.25, -0.2) is 0 Å². The zero-order valence-electron chi connectivity index (χ0n) is 14.4. The highest BCUT2D eigenvalue weighted by Crippen LogP contribution is 2.24. The summed E-state index contributed by atoms with van der Waals surface area (Å²) in [6.45, 7) is 4.12. The summed E-state index contributed by atoms with van der Waals surface area (Å²) >= 11 is 0. The molecule has 1 aliphatic rings. The lowest BCUT2D eigenvalue weighted by Crippen LogP contribution is -2.36. The quantitative estimate of drug-likeness (QED) is 0.684. The highest BCUT2D eigenvalue weighted by Gasteiger charge is 2.26. The zero-order valence-corrected chi connectivity index (χ0v) is 14.4. The Labute approximate surface area is 144 Å². The normalized spacial score (nSPS) is 22.4. The average Bonchev–Trinajstić information content (AvgIpc) is 2.63. The van der Waals surface area contributed by atoms with Crippen molar-refractivity contribution in [2.45, 2.75) is 45.3 Å². The Bertz CT molecular complexity index is 646. The molecule has 0 N–H and O–H groups in total. The summed E-state index contributed by atoms with van der Waals surface area (Å²) in [4.78, 5) is 9.42. The van der Waals surface area contributed by atoms with Crippen LogP contribution in [0, 0.1) is 0 Å². The second kappa shape index (κ2) is 8.02. The van der Waals surface area contributed by atoms with E-state index in [1.807, 2.05) is 60.7 Å². The molecule has 0 bridgehead atoms. The van der Waals surface area contributed by atoms with E-state index in [0.717, 1.165) is 42.1 Å². The van der Waals surface area contributed by atoms with Gasteiger partial charge in [0.15, 0.2) is 0 Å². The van der Waals surface area contributed by atoms with E-state index in [0.29, 0.717) is 0 Å². The molecular formula is C21H24N2O. The summed E-state index contributed by atoms with van der Waals surface area (Å²) in [5, 5.41) is 0. The molecule has 0 spiro atoms. The van der Waals surface area contributed by atoms with Crippen molar-refractivity contribution < 1.29 is 4.74 Å². The summed E-state index contributed by atoms with van der Waals surface area (Å²) in [7, 11) is 0. The molecule has 0 aromatic heterocycles. The number of aliphatic imine (C=N–C) groups is 2. The fourth-order valence-corrected chi connectivity index (χ4v) is 2.99. The second-order valence-electron chi connectivity index (χ2n) is 6.22. The van der Waals surface area contributed by atoms with Crippen molar-refractivity contribution in [1.82, 2.24) is 0 Å². The third kappa shape index (κ3) is 4.39. The molecule has 2 atom stereocenters. The molecule has 24 heavy (non-hydrogen) atoms. The van der Waals surface area contributed by atoms with Gasteiger partial charge in [0, 0.05) is 11.4 Å². The smallest absolute Gasteiger partial charge is 0.0962 e. The van der Waals surface area contributed by atoms with Gasteiger partial charge in [-0.1, -0.05) is 36.4 Å². The first-order valence-electron chi connectivity index (χ1n) is 8.58. The minimum Gasteiger partial charge on any atom is -0.363 e. The predicted octanol–water partition coefficient (Wildman–Crippen LogP) is 5.51. The van der Waals surface area contributed by atoms with Gasteiger partial charge in [0.05, 0.1) is 23.6 Å². The minimum absolute atomic E-state index is 0.0740. The summed E-state index contributed by atoms with van der Waals surface area (Å²) < 4.78 is 6.29. The van der Waals surface area contributed by atoms with Crippen LogP contribution < -0.4 is 0 Å². The Morgan fingerprint density at radius 2 is 1.17 bits per heavy atom. The first-order chi connectivity index (χ1) is 11.7. The van der Waals surface area contributed by atoms with Crippen molar-refractivity contribution in [3.63, 3.8) is 0 Å². The maximum atomic E-state index is 6.29. The first-order valence-corrected chi connectivity index (χ1v) is 8.58. The Morgan fingerprint density at radius 3 is 1.58 bits per heavy atom. The van der Waals surface area contributed by atoms with Crippen molar-refractivity contribution in [2.24, 2.45) is 9.98 Å². The third-order valence-electron chi connectivity index (χ3n) is 4.32. The number of ether oxygens (including phenoxy) is 1. The van der Waals surface area contributed by atoms with Crippen LogP contribution >= 0.6 is 0 Å². The fraction of sp³-hybridized carbons (Fsp3) is 0.333. The molecule has 0 saturated carbocycles. The summed E-state index contributed by atoms with van der Waals surface area (Å²) in [5.41, 5.74) is 4.04. The van der Waals surface area contributed by atoms with Crippen molar-refractivity contribution in [3.8, 4) is 0 Å². The van der Waals surface area contributed by atoms with E-state index in [1.54, 1.807) is 0 Å². The van der Waals surface area contributed by atoms with Crippen LogP contribution in [0.3, 0.4) is 0 Å². The van der Waals surface area contributed by atoms with E-state index in [9.17, 15) is 0 Å². The molecule has 3 heteroatoms. The average molecular weight is 320 g/mol. The second-order valence-corrected chi connectivity index (χ2v) is 6.22. The predicted molar refractivity (Wildman–Crippen MR) is 101 cm³/mol. The number of para-hydroxylation sites is 2. The molecule has 1 aliphatic heterocycles. The van der Waals surface area contributed by atoms with Crippen LogP contribution in [0.5, 0.6) is 0 Å². The van der Waals surface area contributed by atoms with Gasteiger partial charge in [-0.2, -0.15) is 0 Å². The van der Waals surface area contributed by atoms with E-state index in [4.69, 9.17) is 14.7 Å². The van der Waals surface area contributed by atoms with Crippen LogP contribution in [0.25, 0.3) is 0 Å². The summed E-state index contributed by atoms with van der Waals surface area (Å²) in [6, 6.07) is 20.1. The standard InChI is InChI=1S/C21H24N2O/c1-16(22-18-10-5-3-6-11-18)20-14-9-15-21(24-20)17(2)23-19-12-7-4-8-13-19/h3-8,10-13,20-21H,9,14-15H2,1-2H3/b22-16+,23-17+. The molecule has 1 heterocycles. The molecule has 1 fully saturated rings. The molecule has 1 saturated heterocycles. The number of hydrogen-bond donors (Lipinski definition) is 0. The van der Waals surface area contributed by atoms with Crippen molar-refractivity contribution in [2.75, 3.05) is 0 Å². The highest BCUT2D eigenvalue weighted by molar-refractivity contribution is 5.91. The lowest BCUT2D eigenvalue weighted by atomic mass is 9.99. The molecule has 124 valence electrons. The van der Waals surface area contributed by atoms with Crippen LogP contribution in [-0.2, 0) is 4.74 Å². The van der Waals surface area contributed by atoms with Crippen LogP contribution in [0.2, 0.25) is 0 Å². The third-order valence-corrected chi connectivity index (χ3v) is 4.32. The van der Waals surface area contributed by atoms with Gasteiger partial charge in [0.2, 0.25) is 0 Å². The van der Waals surface area contributed by atoms with Gasteiger partial charge in [0.25, 0.3) is 0 Å². The maximum absolute atomic E-state index is 6.29. The maximum Gasteiger partial charge on any atom is 0.0962 e. The summed E-state index contributed by atoms with van der Waals surface area (Å²) in [6.07, 6.45) is 3.34. The van der Waals surface area contributed by atoms with Crippen LogP contribution in [0.4, 0.5) is 11.4 Å². The largest absolute Gasteiger partial charge is 0.363 e. The number of nitrogens with zero attached hydrogens (tertiary/aromatic N) is 2. The number of benzene rings is 2. The minimum atomic E-state index is 0.0740. The van der Waals surface area contributed by atoms with Crippen LogP contribution in [-0.4, -0.2) is 23.6 Å². The molecular weight excluding hydrogens is 296 g/mol.